The molecule has 6 heteroatoms. The largest absolute Gasteiger partial charge is 0.297 e. The molecule has 2 heterocycles. The zero-order chi connectivity index (χ0) is 16.2. The number of nitrogens with zero attached hydrogens (tertiary/aromatic N) is 1. The average molecular weight is 324 g/mol. The van der Waals surface area contributed by atoms with Gasteiger partial charge in [0.1, 0.15) is 5.69 Å². The second-order valence-electron chi connectivity index (χ2n) is 4.97. The predicted octanol–water partition coefficient (Wildman–Crippen LogP) is 3.35. The minimum atomic E-state index is -0.283. The molecule has 23 heavy (non-hydrogen) atoms. The van der Waals surface area contributed by atoms with Gasteiger partial charge in [0, 0.05) is 11.1 Å². The molecule has 0 saturated heterocycles. The maximum atomic E-state index is 12.3. The van der Waals surface area contributed by atoms with Gasteiger partial charge in [0.05, 0.1) is 16.3 Å². The SMILES string of the molecule is C=C(NNC(=O)c1[nH]nc(-c2ccccc2)c1C)c1cccs1. The summed E-state index contributed by atoms with van der Waals surface area (Å²) < 4.78 is 0. The maximum absolute atomic E-state index is 12.3. The number of amides is 1. The lowest BCUT2D eigenvalue weighted by molar-refractivity contribution is 0.0937. The van der Waals surface area contributed by atoms with Gasteiger partial charge in [-0.3, -0.25) is 20.7 Å². The van der Waals surface area contributed by atoms with Crippen LogP contribution >= 0.6 is 11.3 Å². The van der Waals surface area contributed by atoms with Crippen LogP contribution in [0, 0.1) is 6.92 Å². The van der Waals surface area contributed by atoms with E-state index in [1.54, 1.807) is 11.3 Å². The number of benzene rings is 1. The zero-order valence-corrected chi connectivity index (χ0v) is 13.4. The highest BCUT2D eigenvalue weighted by molar-refractivity contribution is 7.11. The zero-order valence-electron chi connectivity index (χ0n) is 12.6. The monoisotopic (exact) mass is 324 g/mol. The van der Waals surface area contributed by atoms with Gasteiger partial charge in [0.2, 0.25) is 0 Å². The van der Waals surface area contributed by atoms with Crippen LogP contribution < -0.4 is 10.9 Å². The first-order chi connectivity index (χ1) is 11.2. The fraction of sp³-hybridized carbons (Fsp3) is 0.0588. The number of H-pyrrole nitrogens is 1. The third-order valence-corrected chi connectivity index (χ3v) is 4.36. The van der Waals surface area contributed by atoms with Crippen molar-refractivity contribution in [3.05, 3.63) is 70.6 Å². The molecule has 3 aromatic rings. The number of hydrogen-bond acceptors (Lipinski definition) is 4. The molecule has 0 aliphatic heterocycles. The Morgan fingerprint density at radius 1 is 1.17 bits per heavy atom. The summed E-state index contributed by atoms with van der Waals surface area (Å²) in [6.45, 7) is 5.77. The Kier molecular flexibility index (Phi) is 4.25. The van der Waals surface area contributed by atoms with Crippen molar-refractivity contribution in [2.75, 3.05) is 0 Å². The first kappa shape index (κ1) is 15.1. The van der Waals surface area contributed by atoms with Gasteiger partial charge in [-0.15, -0.1) is 11.3 Å². The second kappa shape index (κ2) is 6.50. The van der Waals surface area contributed by atoms with Crippen LogP contribution in [0.2, 0.25) is 0 Å². The van der Waals surface area contributed by atoms with Crippen LogP contribution in [0.1, 0.15) is 20.9 Å². The van der Waals surface area contributed by atoms with E-state index < -0.39 is 0 Å². The summed E-state index contributed by atoms with van der Waals surface area (Å²) in [5, 5.41) is 9.01. The second-order valence-corrected chi connectivity index (χ2v) is 5.92. The van der Waals surface area contributed by atoms with Crippen molar-refractivity contribution < 1.29 is 4.79 Å². The van der Waals surface area contributed by atoms with Gasteiger partial charge in [-0.05, 0) is 18.4 Å². The van der Waals surface area contributed by atoms with E-state index in [-0.39, 0.29) is 5.91 Å². The third kappa shape index (κ3) is 3.17. The summed E-state index contributed by atoms with van der Waals surface area (Å²) in [6.07, 6.45) is 0. The molecule has 116 valence electrons. The predicted molar refractivity (Wildman–Crippen MR) is 92.7 cm³/mol. The van der Waals surface area contributed by atoms with Gasteiger partial charge >= 0.3 is 0 Å². The highest BCUT2D eigenvalue weighted by Gasteiger charge is 2.16. The minimum Gasteiger partial charge on any atom is -0.297 e. The van der Waals surface area contributed by atoms with E-state index in [2.05, 4.69) is 27.6 Å². The summed E-state index contributed by atoms with van der Waals surface area (Å²) in [6, 6.07) is 13.6. The van der Waals surface area contributed by atoms with Crippen molar-refractivity contribution in [2.45, 2.75) is 6.92 Å². The van der Waals surface area contributed by atoms with Crippen molar-refractivity contribution in [1.29, 1.82) is 0 Å². The van der Waals surface area contributed by atoms with Gasteiger partial charge in [-0.2, -0.15) is 5.10 Å². The number of carbonyl (C=O) groups excluding carboxylic acids is 1. The molecule has 0 atom stereocenters. The molecule has 1 aromatic carbocycles. The standard InChI is InChI=1S/C17H16N4OS/c1-11-15(13-7-4-3-5-8-13)19-20-16(11)17(22)21-18-12(2)14-9-6-10-23-14/h3-10,18H,2H2,1H3,(H,19,20)(H,21,22). The smallest absolute Gasteiger partial charge is 0.287 e. The van der Waals surface area contributed by atoms with Crippen molar-refractivity contribution in [2.24, 2.45) is 0 Å². The molecule has 0 radical (unpaired) electrons. The summed E-state index contributed by atoms with van der Waals surface area (Å²) in [5.74, 6) is -0.283. The Hall–Kier alpha value is -2.86. The molecule has 3 N–H and O–H groups in total. The van der Waals surface area contributed by atoms with Crippen LogP contribution in [0.25, 0.3) is 17.0 Å². The molecule has 0 aliphatic rings. The van der Waals surface area contributed by atoms with Gasteiger partial charge in [-0.25, -0.2) is 0 Å². The summed E-state index contributed by atoms with van der Waals surface area (Å²) in [5.41, 5.74) is 9.08. The van der Waals surface area contributed by atoms with Crippen molar-refractivity contribution in [3.63, 3.8) is 0 Å². The summed E-state index contributed by atoms with van der Waals surface area (Å²) in [7, 11) is 0. The van der Waals surface area contributed by atoms with E-state index >= 15 is 0 Å². The maximum Gasteiger partial charge on any atom is 0.287 e. The molecule has 3 rings (SSSR count). The van der Waals surface area contributed by atoms with Gasteiger partial charge in [-0.1, -0.05) is 43.0 Å². The Morgan fingerprint density at radius 3 is 2.65 bits per heavy atom. The van der Waals surface area contributed by atoms with E-state index in [1.807, 2.05) is 54.8 Å². The van der Waals surface area contributed by atoms with Crippen LogP contribution in [0.3, 0.4) is 0 Å². The molecular weight excluding hydrogens is 308 g/mol. The van der Waals surface area contributed by atoms with Crippen molar-refractivity contribution >= 4 is 22.9 Å². The molecule has 0 spiro atoms. The topological polar surface area (TPSA) is 69.8 Å². The quantitative estimate of drug-likeness (QED) is 0.630. The lowest BCUT2D eigenvalue weighted by atomic mass is 10.1. The fourth-order valence-corrected chi connectivity index (χ4v) is 2.86. The average Bonchev–Trinajstić information content (AvgIpc) is 3.23. The Morgan fingerprint density at radius 2 is 1.96 bits per heavy atom. The first-order valence-electron chi connectivity index (χ1n) is 7.06. The van der Waals surface area contributed by atoms with E-state index in [9.17, 15) is 4.79 Å². The van der Waals surface area contributed by atoms with Crippen molar-refractivity contribution in [1.82, 2.24) is 21.0 Å². The van der Waals surface area contributed by atoms with Crippen LogP contribution in [0.4, 0.5) is 0 Å². The van der Waals surface area contributed by atoms with E-state index in [4.69, 9.17) is 0 Å². The number of aromatic nitrogens is 2. The lowest BCUT2D eigenvalue weighted by Gasteiger charge is -2.09. The summed E-state index contributed by atoms with van der Waals surface area (Å²) >= 11 is 1.55. The fourth-order valence-electron chi connectivity index (χ4n) is 2.20. The molecule has 0 aliphatic carbocycles. The molecule has 0 saturated carbocycles. The Bertz CT molecular complexity index is 822. The normalized spacial score (nSPS) is 10.3. The van der Waals surface area contributed by atoms with E-state index in [1.165, 1.54) is 0 Å². The molecule has 2 aromatic heterocycles. The number of hydrogen-bond donors (Lipinski definition) is 3. The highest BCUT2D eigenvalue weighted by atomic mass is 32.1. The highest BCUT2D eigenvalue weighted by Crippen LogP contribution is 2.22. The summed E-state index contributed by atoms with van der Waals surface area (Å²) in [4.78, 5) is 13.3. The minimum absolute atomic E-state index is 0.283. The van der Waals surface area contributed by atoms with Crippen molar-refractivity contribution in [3.8, 4) is 11.3 Å². The molecule has 1 amide bonds. The number of nitrogens with one attached hydrogen (secondary N) is 3. The first-order valence-corrected chi connectivity index (χ1v) is 7.94. The Labute approximate surface area is 138 Å². The number of thiophene rings is 1. The van der Waals surface area contributed by atoms with Gasteiger partial charge in [0.15, 0.2) is 0 Å². The number of aromatic amines is 1. The number of rotatable bonds is 5. The van der Waals surface area contributed by atoms with Crippen LogP contribution in [-0.2, 0) is 0 Å². The van der Waals surface area contributed by atoms with Crippen LogP contribution in [0.15, 0.2) is 54.4 Å². The lowest BCUT2D eigenvalue weighted by Crippen LogP contribution is -2.36. The van der Waals surface area contributed by atoms with E-state index in [0.717, 1.165) is 21.7 Å². The number of carbonyl (C=O) groups is 1. The Balaban J connectivity index is 1.71. The van der Waals surface area contributed by atoms with E-state index in [0.29, 0.717) is 11.4 Å². The molecular formula is C17H16N4OS. The van der Waals surface area contributed by atoms with Crippen LogP contribution in [-0.4, -0.2) is 16.1 Å². The third-order valence-electron chi connectivity index (χ3n) is 3.43. The molecule has 5 nitrogen and oxygen atoms in total. The number of hydrazine groups is 1. The van der Waals surface area contributed by atoms with Gasteiger partial charge < -0.3 is 0 Å². The molecule has 0 fully saturated rings. The van der Waals surface area contributed by atoms with Crippen LogP contribution in [0.5, 0.6) is 0 Å². The molecule has 0 unspecified atom stereocenters. The molecule has 0 bridgehead atoms. The van der Waals surface area contributed by atoms with Gasteiger partial charge in [0.25, 0.3) is 5.91 Å².